The van der Waals surface area contributed by atoms with E-state index in [2.05, 4.69) is 22.8 Å². The van der Waals surface area contributed by atoms with Gasteiger partial charge in [-0.2, -0.15) is 0 Å². The average Bonchev–Trinajstić information content (AvgIpc) is 3.00. The maximum absolute atomic E-state index is 12.3. The maximum atomic E-state index is 12.3. The molecular formula is C17H22N2O. The highest BCUT2D eigenvalue weighted by Gasteiger charge is 2.17. The Morgan fingerprint density at radius 3 is 3.05 bits per heavy atom. The van der Waals surface area contributed by atoms with Crippen LogP contribution in [0.3, 0.4) is 0 Å². The van der Waals surface area contributed by atoms with E-state index < -0.39 is 0 Å². The number of rotatable bonds is 4. The first-order chi connectivity index (χ1) is 9.84. The summed E-state index contributed by atoms with van der Waals surface area (Å²) in [6, 6.07) is 5.97. The van der Waals surface area contributed by atoms with E-state index in [1.165, 1.54) is 30.4 Å². The minimum atomic E-state index is 0.0733. The molecule has 1 amide bonds. The summed E-state index contributed by atoms with van der Waals surface area (Å²) in [7, 11) is 0. The second-order valence-corrected chi connectivity index (χ2v) is 5.62. The van der Waals surface area contributed by atoms with Crippen LogP contribution in [0.15, 0.2) is 29.8 Å². The van der Waals surface area contributed by atoms with Gasteiger partial charge in [0, 0.05) is 24.3 Å². The summed E-state index contributed by atoms with van der Waals surface area (Å²) >= 11 is 0. The van der Waals surface area contributed by atoms with Gasteiger partial charge in [-0.25, -0.2) is 0 Å². The van der Waals surface area contributed by atoms with Crippen molar-refractivity contribution < 1.29 is 4.79 Å². The molecule has 0 saturated heterocycles. The first-order valence-electron chi connectivity index (χ1n) is 7.66. The van der Waals surface area contributed by atoms with Crippen LogP contribution in [0.25, 0.3) is 0 Å². The van der Waals surface area contributed by atoms with Crippen molar-refractivity contribution in [3.05, 3.63) is 41.0 Å². The third-order valence-corrected chi connectivity index (χ3v) is 4.21. The van der Waals surface area contributed by atoms with Crippen molar-refractivity contribution in [2.45, 2.75) is 38.5 Å². The number of carbonyl (C=O) groups is 1. The maximum Gasteiger partial charge on any atom is 0.251 e. The van der Waals surface area contributed by atoms with Gasteiger partial charge in [-0.3, -0.25) is 4.79 Å². The summed E-state index contributed by atoms with van der Waals surface area (Å²) < 4.78 is 0. The monoisotopic (exact) mass is 270 g/mol. The van der Waals surface area contributed by atoms with Crippen molar-refractivity contribution in [2.75, 3.05) is 18.4 Å². The molecule has 3 nitrogen and oxygen atoms in total. The molecule has 0 radical (unpaired) electrons. The van der Waals surface area contributed by atoms with E-state index in [1.54, 1.807) is 0 Å². The number of fused-ring (bicyclic) bond motifs is 1. The van der Waals surface area contributed by atoms with Crippen LogP contribution in [0.1, 0.15) is 48.0 Å². The van der Waals surface area contributed by atoms with Gasteiger partial charge < -0.3 is 10.6 Å². The Balaban J connectivity index is 1.62. The minimum Gasteiger partial charge on any atom is -0.385 e. The summed E-state index contributed by atoms with van der Waals surface area (Å²) in [5.74, 6) is 0.0733. The Morgan fingerprint density at radius 1 is 1.25 bits per heavy atom. The lowest BCUT2D eigenvalue weighted by Gasteiger charge is -2.20. The van der Waals surface area contributed by atoms with Gasteiger partial charge in [0.2, 0.25) is 0 Å². The molecule has 0 fully saturated rings. The predicted octanol–water partition coefficient (Wildman–Crippen LogP) is 3.27. The fraction of sp³-hybridized carbons (Fsp3) is 0.471. The number of amides is 1. The van der Waals surface area contributed by atoms with Gasteiger partial charge in [-0.15, -0.1) is 0 Å². The molecule has 0 bridgehead atoms. The number of anilines is 1. The van der Waals surface area contributed by atoms with Crippen molar-refractivity contribution in [3.8, 4) is 0 Å². The zero-order valence-corrected chi connectivity index (χ0v) is 11.9. The second kappa shape index (κ2) is 6.12. The van der Waals surface area contributed by atoms with Crippen LogP contribution < -0.4 is 10.6 Å². The average molecular weight is 270 g/mol. The fourth-order valence-electron chi connectivity index (χ4n) is 3.12. The van der Waals surface area contributed by atoms with Crippen LogP contribution in [-0.2, 0) is 6.42 Å². The highest BCUT2D eigenvalue weighted by Crippen LogP contribution is 2.25. The lowest BCUT2D eigenvalue weighted by Crippen LogP contribution is -2.27. The van der Waals surface area contributed by atoms with Gasteiger partial charge in [-0.05, 0) is 56.2 Å². The molecule has 106 valence electrons. The molecule has 0 spiro atoms. The number of carbonyl (C=O) groups excluding carboxylic acids is 1. The Morgan fingerprint density at radius 2 is 2.20 bits per heavy atom. The SMILES string of the molecule is O=C(NCCC1=CCCC1)c1cccc2c1CCCN2. The first kappa shape index (κ1) is 13.2. The Bertz CT molecular complexity index is 534. The Labute approximate surface area is 120 Å². The van der Waals surface area contributed by atoms with Gasteiger partial charge in [0.05, 0.1) is 0 Å². The van der Waals surface area contributed by atoms with E-state index in [0.717, 1.165) is 43.6 Å². The number of hydrogen-bond donors (Lipinski definition) is 2. The molecule has 0 aromatic heterocycles. The minimum absolute atomic E-state index is 0.0733. The van der Waals surface area contributed by atoms with Crippen LogP contribution >= 0.6 is 0 Å². The molecule has 0 unspecified atom stereocenters. The van der Waals surface area contributed by atoms with Crippen LogP contribution in [0.4, 0.5) is 5.69 Å². The van der Waals surface area contributed by atoms with Crippen LogP contribution in [0.5, 0.6) is 0 Å². The lowest BCUT2D eigenvalue weighted by molar-refractivity contribution is 0.0953. The molecule has 0 atom stereocenters. The third-order valence-electron chi connectivity index (χ3n) is 4.21. The van der Waals surface area contributed by atoms with E-state index in [0.29, 0.717) is 0 Å². The number of allylic oxidation sites excluding steroid dienone is 1. The van der Waals surface area contributed by atoms with Crippen molar-refractivity contribution >= 4 is 11.6 Å². The van der Waals surface area contributed by atoms with Crippen molar-refractivity contribution in [1.29, 1.82) is 0 Å². The molecule has 2 aliphatic rings. The van der Waals surface area contributed by atoms with Crippen molar-refractivity contribution in [3.63, 3.8) is 0 Å². The summed E-state index contributed by atoms with van der Waals surface area (Å²) in [4.78, 5) is 12.3. The molecular weight excluding hydrogens is 248 g/mol. The molecule has 0 saturated carbocycles. The largest absolute Gasteiger partial charge is 0.385 e. The zero-order chi connectivity index (χ0) is 13.8. The smallest absolute Gasteiger partial charge is 0.251 e. The third kappa shape index (κ3) is 2.87. The summed E-state index contributed by atoms with van der Waals surface area (Å²) in [6.07, 6.45) is 9.11. The Hall–Kier alpha value is -1.77. The highest BCUT2D eigenvalue weighted by atomic mass is 16.1. The van der Waals surface area contributed by atoms with E-state index in [1.807, 2.05) is 12.1 Å². The van der Waals surface area contributed by atoms with Gasteiger partial charge in [0.1, 0.15) is 0 Å². The van der Waals surface area contributed by atoms with E-state index >= 15 is 0 Å². The quantitative estimate of drug-likeness (QED) is 0.824. The number of benzene rings is 1. The molecule has 20 heavy (non-hydrogen) atoms. The van der Waals surface area contributed by atoms with Gasteiger partial charge >= 0.3 is 0 Å². The summed E-state index contributed by atoms with van der Waals surface area (Å²) in [5, 5.41) is 6.44. The molecule has 1 aromatic rings. The van der Waals surface area contributed by atoms with Crippen molar-refractivity contribution in [2.24, 2.45) is 0 Å². The summed E-state index contributed by atoms with van der Waals surface area (Å²) in [5.41, 5.74) is 4.65. The molecule has 3 rings (SSSR count). The zero-order valence-electron chi connectivity index (χ0n) is 11.9. The topological polar surface area (TPSA) is 41.1 Å². The first-order valence-corrected chi connectivity index (χ1v) is 7.66. The van der Waals surface area contributed by atoms with E-state index in [-0.39, 0.29) is 5.91 Å². The molecule has 1 aromatic carbocycles. The standard InChI is InChI=1S/C17H22N2O/c20-17(19-12-10-13-5-1-2-6-13)15-7-3-9-16-14(15)8-4-11-18-16/h3,5,7,9,18H,1-2,4,6,8,10-12H2,(H,19,20). The molecule has 1 aliphatic heterocycles. The molecule has 1 heterocycles. The predicted molar refractivity (Wildman–Crippen MR) is 82.1 cm³/mol. The van der Waals surface area contributed by atoms with Gasteiger partial charge in [0.15, 0.2) is 0 Å². The Kier molecular flexibility index (Phi) is 4.05. The van der Waals surface area contributed by atoms with Crippen molar-refractivity contribution in [1.82, 2.24) is 5.32 Å². The number of nitrogens with one attached hydrogen (secondary N) is 2. The van der Waals surface area contributed by atoms with Crippen LogP contribution in [-0.4, -0.2) is 19.0 Å². The fourth-order valence-corrected chi connectivity index (χ4v) is 3.12. The van der Waals surface area contributed by atoms with Gasteiger partial charge in [0.25, 0.3) is 5.91 Å². The highest BCUT2D eigenvalue weighted by molar-refractivity contribution is 5.97. The van der Waals surface area contributed by atoms with Crippen LogP contribution in [0.2, 0.25) is 0 Å². The number of hydrogen-bond acceptors (Lipinski definition) is 2. The van der Waals surface area contributed by atoms with Crippen LogP contribution in [0, 0.1) is 0 Å². The second-order valence-electron chi connectivity index (χ2n) is 5.62. The molecule has 3 heteroatoms. The van der Waals surface area contributed by atoms with Gasteiger partial charge in [-0.1, -0.05) is 17.7 Å². The lowest BCUT2D eigenvalue weighted by atomic mass is 9.97. The summed E-state index contributed by atoms with van der Waals surface area (Å²) in [6.45, 7) is 1.76. The molecule has 1 aliphatic carbocycles. The molecule has 2 N–H and O–H groups in total. The van der Waals surface area contributed by atoms with E-state index in [4.69, 9.17) is 0 Å². The normalized spacial score (nSPS) is 17.1. The van der Waals surface area contributed by atoms with E-state index in [9.17, 15) is 4.79 Å².